The smallest absolute Gasteiger partial charge is 0.0891 e. The Morgan fingerprint density at radius 3 is 2.61 bits per heavy atom. The Kier molecular flexibility index (Phi) is 3.78. The lowest BCUT2D eigenvalue weighted by Crippen LogP contribution is -2.40. The van der Waals surface area contributed by atoms with Gasteiger partial charge in [-0.15, -0.1) is 0 Å². The summed E-state index contributed by atoms with van der Waals surface area (Å²) >= 11 is 0. The molecule has 0 radical (unpaired) electrons. The molecule has 1 unspecified atom stereocenters. The Hall–Kier alpha value is -0.870. The number of hydrogen-bond acceptors (Lipinski definition) is 3. The first-order valence-electron chi connectivity index (χ1n) is 6.87. The molecule has 1 heterocycles. The predicted molar refractivity (Wildman–Crippen MR) is 72.0 cm³/mol. The Balaban J connectivity index is 2.25. The zero-order chi connectivity index (χ0) is 13.3. The highest BCUT2D eigenvalue weighted by atomic mass is 16.3. The van der Waals surface area contributed by atoms with Gasteiger partial charge in [-0.3, -0.25) is 4.68 Å². The molecule has 18 heavy (non-hydrogen) atoms. The van der Waals surface area contributed by atoms with Gasteiger partial charge >= 0.3 is 0 Å². The van der Waals surface area contributed by atoms with E-state index in [1.54, 1.807) is 4.68 Å². The van der Waals surface area contributed by atoms with Crippen LogP contribution < -0.4 is 5.73 Å². The summed E-state index contributed by atoms with van der Waals surface area (Å²) in [6, 6.07) is 0. The van der Waals surface area contributed by atoms with Crippen molar-refractivity contribution in [1.29, 1.82) is 0 Å². The van der Waals surface area contributed by atoms with Crippen LogP contribution in [0.1, 0.15) is 50.0 Å². The molecule has 0 saturated heterocycles. The molecular weight excluding hydrogens is 226 g/mol. The van der Waals surface area contributed by atoms with Crippen molar-refractivity contribution in [2.75, 3.05) is 6.54 Å². The van der Waals surface area contributed by atoms with E-state index in [0.717, 1.165) is 42.9 Å². The van der Waals surface area contributed by atoms with Crippen molar-refractivity contribution in [3.05, 3.63) is 17.5 Å². The van der Waals surface area contributed by atoms with E-state index in [9.17, 15) is 5.11 Å². The van der Waals surface area contributed by atoms with Crippen molar-refractivity contribution in [2.24, 2.45) is 24.1 Å². The number of nitrogens with zero attached hydrogens (tertiary/aromatic N) is 2. The van der Waals surface area contributed by atoms with Crippen LogP contribution in [0, 0.1) is 18.3 Å². The molecule has 0 aromatic carbocycles. The third-order valence-corrected chi connectivity index (χ3v) is 4.60. The fourth-order valence-corrected chi connectivity index (χ4v) is 3.14. The van der Waals surface area contributed by atoms with Crippen LogP contribution in [0.5, 0.6) is 0 Å². The highest BCUT2D eigenvalue weighted by molar-refractivity contribution is 5.21. The number of aryl methyl sites for hydroxylation is 2. The molecule has 1 aliphatic rings. The second-order valence-electron chi connectivity index (χ2n) is 6.00. The summed E-state index contributed by atoms with van der Waals surface area (Å²) in [5, 5.41) is 15.1. The minimum Gasteiger partial charge on any atom is -0.388 e. The van der Waals surface area contributed by atoms with Crippen molar-refractivity contribution in [3.8, 4) is 0 Å². The van der Waals surface area contributed by atoms with Crippen molar-refractivity contribution in [1.82, 2.24) is 9.78 Å². The van der Waals surface area contributed by atoms with Gasteiger partial charge in [0, 0.05) is 30.8 Å². The van der Waals surface area contributed by atoms with Gasteiger partial charge in [0.15, 0.2) is 0 Å². The molecule has 1 aromatic rings. The topological polar surface area (TPSA) is 64.1 Å². The Morgan fingerprint density at radius 2 is 2.17 bits per heavy atom. The van der Waals surface area contributed by atoms with Crippen LogP contribution in [0.25, 0.3) is 0 Å². The van der Waals surface area contributed by atoms with E-state index in [4.69, 9.17) is 5.73 Å². The zero-order valence-electron chi connectivity index (χ0n) is 11.7. The number of aromatic nitrogens is 2. The molecule has 0 spiro atoms. The van der Waals surface area contributed by atoms with Crippen LogP contribution in [0.3, 0.4) is 0 Å². The molecule has 102 valence electrons. The summed E-state index contributed by atoms with van der Waals surface area (Å²) in [6.45, 7) is 4.78. The fraction of sp³-hybridized carbons (Fsp3) is 0.786. The number of aliphatic hydroxyl groups excluding tert-OH is 1. The first kappa shape index (κ1) is 13.6. The summed E-state index contributed by atoms with van der Waals surface area (Å²) in [4.78, 5) is 0. The number of hydrogen-bond donors (Lipinski definition) is 2. The van der Waals surface area contributed by atoms with Crippen LogP contribution >= 0.6 is 0 Å². The first-order valence-corrected chi connectivity index (χ1v) is 6.87. The van der Waals surface area contributed by atoms with Gasteiger partial charge in [0.25, 0.3) is 0 Å². The minimum atomic E-state index is -0.483. The molecule has 1 aromatic heterocycles. The maximum atomic E-state index is 10.7. The van der Waals surface area contributed by atoms with Gasteiger partial charge in [-0.05, 0) is 25.7 Å². The molecule has 3 N–H and O–H groups in total. The highest BCUT2D eigenvalue weighted by Gasteiger charge is 2.41. The van der Waals surface area contributed by atoms with E-state index < -0.39 is 6.10 Å². The van der Waals surface area contributed by atoms with E-state index in [0.29, 0.717) is 6.54 Å². The second kappa shape index (κ2) is 5.02. The van der Waals surface area contributed by atoms with Crippen molar-refractivity contribution < 1.29 is 5.11 Å². The van der Waals surface area contributed by atoms with Gasteiger partial charge in [0.1, 0.15) is 0 Å². The quantitative estimate of drug-likeness (QED) is 0.862. The van der Waals surface area contributed by atoms with Gasteiger partial charge in [0.2, 0.25) is 0 Å². The Bertz CT molecular complexity index is 405. The molecule has 4 nitrogen and oxygen atoms in total. The summed E-state index contributed by atoms with van der Waals surface area (Å²) in [6.07, 6.45) is 5.79. The van der Waals surface area contributed by atoms with Crippen molar-refractivity contribution >= 4 is 0 Å². The lowest BCUT2D eigenvalue weighted by atomic mass is 9.66. The lowest BCUT2D eigenvalue weighted by Gasteiger charge is -2.42. The Morgan fingerprint density at radius 1 is 1.56 bits per heavy atom. The molecule has 2 rings (SSSR count). The number of rotatable bonds is 3. The average Bonchev–Trinajstić information content (AvgIpc) is 2.69. The predicted octanol–water partition coefficient (Wildman–Crippen LogP) is 1.92. The third-order valence-electron chi connectivity index (χ3n) is 4.60. The van der Waals surface area contributed by atoms with E-state index in [2.05, 4.69) is 12.0 Å². The summed E-state index contributed by atoms with van der Waals surface area (Å²) in [5.41, 5.74) is 7.69. The molecule has 1 atom stereocenters. The Labute approximate surface area is 109 Å². The highest BCUT2D eigenvalue weighted by Crippen LogP contribution is 2.47. The second-order valence-corrected chi connectivity index (χ2v) is 6.00. The fourth-order valence-electron chi connectivity index (χ4n) is 3.14. The summed E-state index contributed by atoms with van der Waals surface area (Å²) in [7, 11) is 1.89. The molecule has 0 aliphatic heterocycles. The van der Waals surface area contributed by atoms with Crippen LogP contribution in [0.4, 0.5) is 0 Å². The van der Waals surface area contributed by atoms with Crippen LogP contribution in [-0.4, -0.2) is 21.4 Å². The van der Waals surface area contributed by atoms with Crippen molar-refractivity contribution in [3.63, 3.8) is 0 Å². The van der Waals surface area contributed by atoms with Gasteiger partial charge < -0.3 is 10.8 Å². The number of aliphatic hydroxyl groups is 1. The third kappa shape index (κ3) is 2.31. The van der Waals surface area contributed by atoms with Crippen LogP contribution in [-0.2, 0) is 7.05 Å². The zero-order valence-corrected chi connectivity index (χ0v) is 11.7. The van der Waals surface area contributed by atoms with E-state index in [-0.39, 0.29) is 5.41 Å². The van der Waals surface area contributed by atoms with Crippen molar-refractivity contribution in [2.45, 2.75) is 45.6 Å². The summed E-state index contributed by atoms with van der Waals surface area (Å²) in [5.74, 6) is 0.756. The number of nitrogens with two attached hydrogens (primary N) is 1. The molecule has 1 aliphatic carbocycles. The molecule has 0 bridgehead atoms. The van der Waals surface area contributed by atoms with Gasteiger partial charge in [-0.2, -0.15) is 5.10 Å². The van der Waals surface area contributed by atoms with Gasteiger partial charge in [0.05, 0.1) is 11.8 Å². The average molecular weight is 251 g/mol. The first-order chi connectivity index (χ1) is 8.48. The standard InChI is InChI=1S/C14H25N3O/c1-10-4-6-14(9-15,7-5-10)13(18)12-8-17(3)16-11(12)2/h8,10,13,18H,4-7,9,15H2,1-3H3. The summed E-state index contributed by atoms with van der Waals surface area (Å²) < 4.78 is 1.77. The minimum absolute atomic E-state index is 0.152. The largest absolute Gasteiger partial charge is 0.388 e. The van der Waals surface area contributed by atoms with Crippen LogP contribution in [0.15, 0.2) is 6.20 Å². The molecule has 0 amide bonds. The molecule has 1 saturated carbocycles. The normalized spacial score (nSPS) is 30.4. The molecular formula is C14H25N3O. The van der Waals surface area contributed by atoms with E-state index in [1.165, 1.54) is 0 Å². The lowest BCUT2D eigenvalue weighted by molar-refractivity contribution is -0.00858. The monoisotopic (exact) mass is 251 g/mol. The van der Waals surface area contributed by atoms with E-state index >= 15 is 0 Å². The SMILES string of the molecule is Cc1nn(C)cc1C(O)C1(CN)CCC(C)CC1. The van der Waals surface area contributed by atoms with Gasteiger partial charge in [-0.1, -0.05) is 19.8 Å². The maximum Gasteiger partial charge on any atom is 0.0891 e. The van der Waals surface area contributed by atoms with E-state index in [1.807, 2.05) is 20.2 Å². The maximum absolute atomic E-state index is 10.7. The van der Waals surface area contributed by atoms with Crippen LogP contribution in [0.2, 0.25) is 0 Å². The molecule has 4 heteroatoms. The molecule has 1 fully saturated rings. The van der Waals surface area contributed by atoms with Gasteiger partial charge in [-0.25, -0.2) is 0 Å².